The van der Waals surface area contributed by atoms with Crippen LogP contribution in [0.2, 0.25) is 0 Å². The normalized spacial score (nSPS) is 10.3. The van der Waals surface area contributed by atoms with Gasteiger partial charge < -0.3 is 14.8 Å². The fourth-order valence-corrected chi connectivity index (χ4v) is 2.13. The Morgan fingerprint density at radius 2 is 1.78 bits per heavy atom. The molecule has 0 fully saturated rings. The van der Waals surface area contributed by atoms with Crippen LogP contribution in [-0.2, 0) is 6.42 Å². The van der Waals surface area contributed by atoms with Gasteiger partial charge in [-0.05, 0) is 36.2 Å². The van der Waals surface area contributed by atoms with Crippen molar-refractivity contribution in [3.8, 4) is 11.5 Å². The summed E-state index contributed by atoms with van der Waals surface area (Å²) in [4.78, 5) is 11.9. The van der Waals surface area contributed by atoms with E-state index in [1.54, 1.807) is 20.3 Å². The van der Waals surface area contributed by atoms with Gasteiger partial charge in [0.2, 0.25) is 0 Å². The zero-order valence-electron chi connectivity index (χ0n) is 12.9. The Morgan fingerprint density at radius 3 is 2.43 bits per heavy atom. The topological polar surface area (TPSA) is 47.6 Å². The first-order chi connectivity index (χ1) is 11.0. The molecule has 2 rings (SSSR count). The van der Waals surface area contributed by atoms with E-state index in [1.807, 2.05) is 12.1 Å². The lowest BCUT2D eigenvalue weighted by molar-refractivity contribution is 0.0950. The lowest BCUT2D eigenvalue weighted by Crippen LogP contribution is -2.26. The lowest BCUT2D eigenvalue weighted by Gasteiger charge is -2.10. The maximum absolute atomic E-state index is 13.5. The van der Waals surface area contributed by atoms with Crippen molar-refractivity contribution < 1.29 is 23.0 Å². The maximum atomic E-state index is 13.5. The minimum atomic E-state index is -0.881. The van der Waals surface area contributed by atoms with Gasteiger partial charge in [-0.1, -0.05) is 6.07 Å². The summed E-state index contributed by atoms with van der Waals surface area (Å²) in [5, 5.41) is 2.60. The summed E-state index contributed by atoms with van der Waals surface area (Å²) in [6, 6.07) is 8.29. The number of methoxy groups -OCH3 is 2. The second kappa shape index (κ2) is 7.58. The summed E-state index contributed by atoms with van der Waals surface area (Å²) in [6.45, 7) is 0.311. The molecule has 0 saturated heterocycles. The molecule has 0 heterocycles. The van der Waals surface area contributed by atoms with Crippen molar-refractivity contribution in [1.82, 2.24) is 5.32 Å². The molecule has 6 heteroatoms. The van der Waals surface area contributed by atoms with Crippen LogP contribution in [0.25, 0.3) is 0 Å². The van der Waals surface area contributed by atoms with Crippen LogP contribution in [0.1, 0.15) is 15.9 Å². The molecule has 0 atom stereocenters. The van der Waals surface area contributed by atoms with Gasteiger partial charge in [-0.2, -0.15) is 0 Å². The number of rotatable bonds is 6. The quantitative estimate of drug-likeness (QED) is 0.890. The number of halogens is 2. The van der Waals surface area contributed by atoms with Gasteiger partial charge in [0.05, 0.1) is 19.8 Å². The standard InChI is InChI=1S/C17H17F2NO3/c1-22-15-6-3-11(9-16(15)23-2)7-8-20-17(21)13-5-4-12(18)10-14(13)19/h3-6,9-10H,7-8H2,1-2H3,(H,20,21). The van der Waals surface area contributed by atoms with E-state index >= 15 is 0 Å². The number of hydrogen-bond acceptors (Lipinski definition) is 3. The number of ether oxygens (including phenoxy) is 2. The van der Waals surface area contributed by atoms with Gasteiger partial charge in [-0.3, -0.25) is 4.79 Å². The van der Waals surface area contributed by atoms with Crippen molar-refractivity contribution in [1.29, 1.82) is 0 Å². The van der Waals surface area contributed by atoms with E-state index in [4.69, 9.17) is 9.47 Å². The smallest absolute Gasteiger partial charge is 0.254 e. The Kier molecular flexibility index (Phi) is 5.51. The largest absolute Gasteiger partial charge is 0.493 e. The first-order valence-electron chi connectivity index (χ1n) is 6.99. The monoisotopic (exact) mass is 321 g/mol. The van der Waals surface area contributed by atoms with E-state index in [-0.39, 0.29) is 5.56 Å². The Hall–Kier alpha value is -2.63. The summed E-state index contributed by atoms with van der Waals surface area (Å²) in [6.07, 6.45) is 0.537. The van der Waals surface area contributed by atoms with E-state index in [0.29, 0.717) is 30.5 Å². The number of carbonyl (C=O) groups is 1. The highest BCUT2D eigenvalue weighted by Crippen LogP contribution is 2.27. The second-order valence-corrected chi connectivity index (χ2v) is 4.82. The molecule has 0 saturated carbocycles. The molecular formula is C17H17F2NO3. The average molecular weight is 321 g/mol. The minimum absolute atomic E-state index is 0.182. The zero-order valence-corrected chi connectivity index (χ0v) is 12.9. The van der Waals surface area contributed by atoms with Crippen LogP contribution >= 0.6 is 0 Å². The molecule has 4 nitrogen and oxygen atoms in total. The fourth-order valence-electron chi connectivity index (χ4n) is 2.13. The Balaban J connectivity index is 1.95. The van der Waals surface area contributed by atoms with Crippen LogP contribution < -0.4 is 14.8 Å². The number of hydrogen-bond donors (Lipinski definition) is 1. The highest BCUT2D eigenvalue weighted by molar-refractivity contribution is 5.94. The van der Waals surface area contributed by atoms with E-state index in [2.05, 4.69) is 5.32 Å². The van der Waals surface area contributed by atoms with E-state index in [9.17, 15) is 13.6 Å². The molecule has 2 aromatic carbocycles. The van der Waals surface area contributed by atoms with Gasteiger partial charge in [0.1, 0.15) is 11.6 Å². The van der Waals surface area contributed by atoms with Crippen molar-refractivity contribution in [2.75, 3.05) is 20.8 Å². The molecule has 1 N–H and O–H groups in total. The zero-order chi connectivity index (χ0) is 16.8. The van der Waals surface area contributed by atoms with Gasteiger partial charge in [0.25, 0.3) is 5.91 Å². The molecule has 2 aromatic rings. The minimum Gasteiger partial charge on any atom is -0.493 e. The molecule has 1 amide bonds. The molecule has 0 aliphatic carbocycles. The molecule has 0 unspecified atom stereocenters. The maximum Gasteiger partial charge on any atom is 0.254 e. The van der Waals surface area contributed by atoms with Crippen molar-refractivity contribution in [2.45, 2.75) is 6.42 Å². The summed E-state index contributed by atoms with van der Waals surface area (Å²) in [5.74, 6) is -0.962. The first-order valence-corrected chi connectivity index (χ1v) is 6.99. The van der Waals surface area contributed by atoms with Crippen LogP contribution in [0, 0.1) is 11.6 Å². The van der Waals surface area contributed by atoms with Crippen molar-refractivity contribution in [3.63, 3.8) is 0 Å². The van der Waals surface area contributed by atoms with Gasteiger partial charge in [0, 0.05) is 12.6 Å². The third-order valence-electron chi connectivity index (χ3n) is 3.32. The summed E-state index contributed by atoms with van der Waals surface area (Å²) < 4.78 is 36.7. The number of carbonyl (C=O) groups excluding carboxylic acids is 1. The Labute approximate surface area is 133 Å². The number of nitrogens with one attached hydrogen (secondary N) is 1. The van der Waals surface area contributed by atoms with E-state index < -0.39 is 17.5 Å². The third-order valence-corrected chi connectivity index (χ3v) is 3.32. The molecule has 122 valence electrons. The van der Waals surface area contributed by atoms with Crippen LogP contribution in [0.4, 0.5) is 8.78 Å². The van der Waals surface area contributed by atoms with Crippen LogP contribution in [0.3, 0.4) is 0 Å². The fraction of sp³-hybridized carbons (Fsp3) is 0.235. The molecule has 0 radical (unpaired) electrons. The second-order valence-electron chi connectivity index (χ2n) is 4.82. The Morgan fingerprint density at radius 1 is 1.04 bits per heavy atom. The number of benzene rings is 2. The molecular weight excluding hydrogens is 304 g/mol. The molecule has 0 aromatic heterocycles. The summed E-state index contributed by atoms with van der Waals surface area (Å²) >= 11 is 0. The molecule has 23 heavy (non-hydrogen) atoms. The predicted molar refractivity (Wildman–Crippen MR) is 81.9 cm³/mol. The van der Waals surface area contributed by atoms with Gasteiger partial charge >= 0.3 is 0 Å². The summed E-state index contributed by atoms with van der Waals surface area (Å²) in [5.41, 5.74) is 0.751. The van der Waals surface area contributed by atoms with Gasteiger partial charge in [0.15, 0.2) is 11.5 Å². The Bertz CT molecular complexity index is 704. The van der Waals surface area contributed by atoms with Crippen molar-refractivity contribution >= 4 is 5.91 Å². The highest BCUT2D eigenvalue weighted by Gasteiger charge is 2.12. The van der Waals surface area contributed by atoms with Crippen LogP contribution in [0.15, 0.2) is 36.4 Å². The van der Waals surface area contributed by atoms with Crippen LogP contribution in [-0.4, -0.2) is 26.7 Å². The van der Waals surface area contributed by atoms with Crippen LogP contribution in [0.5, 0.6) is 11.5 Å². The SMILES string of the molecule is COc1ccc(CCNC(=O)c2ccc(F)cc2F)cc1OC. The van der Waals surface area contributed by atoms with Crippen molar-refractivity contribution in [3.05, 3.63) is 59.2 Å². The highest BCUT2D eigenvalue weighted by atomic mass is 19.1. The molecule has 0 spiro atoms. The van der Waals surface area contributed by atoms with E-state index in [1.165, 1.54) is 0 Å². The number of amides is 1. The van der Waals surface area contributed by atoms with Gasteiger partial charge in [-0.25, -0.2) is 8.78 Å². The third kappa shape index (κ3) is 4.18. The van der Waals surface area contributed by atoms with E-state index in [0.717, 1.165) is 17.7 Å². The summed E-state index contributed by atoms with van der Waals surface area (Å²) in [7, 11) is 3.09. The lowest BCUT2D eigenvalue weighted by atomic mass is 10.1. The molecule has 0 bridgehead atoms. The van der Waals surface area contributed by atoms with Crippen molar-refractivity contribution in [2.24, 2.45) is 0 Å². The van der Waals surface area contributed by atoms with Gasteiger partial charge in [-0.15, -0.1) is 0 Å². The molecule has 0 aliphatic rings. The average Bonchev–Trinajstić information content (AvgIpc) is 2.54. The molecule has 0 aliphatic heterocycles. The predicted octanol–water partition coefficient (Wildman–Crippen LogP) is 2.95. The first kappa shape index (κ1) is 16.7.